The van der Waals surface area contributed by atoms with Crippen molar-refractivity contribution in [2.75, 3.05) is 14.1 Å². The van der Waals surface area contributed by atoms with Crippen LogP contribution in [0.2, 0.25) is 0 Å². The van der Waals surface area contributed by atoms with Gasteiger partial charge in [-0.15, -0.1) is 11.3 Å². The number of thiophene rings is 1. The van der Waals surface area contributed by atoms with Crippen LogP contribution in [-0.4, -0.2) is 28.5 Å². The molecule has 0 saturated heterocycles. The highest BCUT2D eigenvalue weighted by molar-refractivity contribution is 7.18. The van der Waals surface area contributed by atoms with E-state index in [1.54, 1.807) is 11.3 Å². The van der Waals surface area contributed by atoms with E-state index in [0.717, 1.165) is 46.4 Å². The molecule has 2 aromatic heterocycles. The molecule has 32 heavy (non-hydrogen) atoms. The van der Waals surface area contributed by atoms with Crippen molar-refractivity contribution in [3.63, 3.8) is 0 Å². The van der Waals surface area contributed by atoms with Crippen molar-refractivity contribution in [3.8, 4) is 0 Å². The smallest absolute Gasteiger partial charge is 0.263 e. The summed E-state index contributed by atoms with van der Waals surface area (Å²) in [5, 5.41) is 0.844. The normalized spacial score (nSPS) is 16.1. The molecule has 1 aliphatic carbocycles. The highest BCUT2D eigenvalue weighted by Crippen LogP contribution is 2.37. The Hall–Kier alpha value is -2.76. The van der Waals surface area contributed by atoms with E-state index in [4.69, 9.17) is 4.98 Å². The van der Waals surface area contributed by atoms with Crippen LogP contribution in [0.1, 0.15) is 46.8 Å². The van der Waals surface area contributed by atoms with Gasteiger partial charge in [0.05, 0.1) is 18.0 Å². The average Bonchev–Trinajstić information content (AvgIpc) is 3.14. The maximum Gasteiger partial charge on any atom is 0.263 e. The SMILES string of the molecule is CC1CCc2c(sc3nc(CN(C)C)n(C(c4ccccc4)c4ccccc4)c(=O)c23)C1. The Labute approximate surface area is 193 Å². The molecule has 5 rings (SSSR count). The monoisotopic (exact) mass is 443 g/mol. The number of benzene rings is 2. The molecule has 4 nitrogen and oxygen atoms in total. The standard InChI is InChI=1S/C27H29N3OS/c1-18-14-15-21-22(16-18)32-26-24(21)27(31)30(23(28-26)17-29(2)3)25(19-10-6-4-7-11-19)20-12-8-5-9-13-20/h4-13,18,25H,14-17H2,1-3H3. The number of hydrogen-bond donors (Lipinski definition) is 0. The molecule has 1 unspecified atom stereocenters. The third-order valence-corrected chi connectivity index (χ3v) is 7.53. The van der Waals surface area contributed by atoms with Crippen molar-refractivity contribution in [2.45, 2.75) is 38.8 Å². The van der Waals surface area contributed by atoms with Gasteiger partial charge in [0.2, 0.25) is 0 Å². The minimum absolute atomic E-state index is 0.0941. The summed E-state index contributed by atoms with van der Waals surface area (Å²) in [4.78, 5) is 23.7. The van der Waals surface area contributed by atoms with Crippen LogP contribution < -0.4 is 5.56 Å². The average molecular weight is 444 g/mol. The van der Waals surface area contributed by atoms with E-state index < -0.39 is 0 Å². The van der Waals surface area contributed by atoms with E-state index in [1.807, 2.05) is 55.1 Å². The summed E-state index contributed by atoms with van der Waals surface area (Å²) in [5.74, 6) is 1.48. The van der Waals surface area contributed by atoms with Crippen molar-refractivity contribution < 1.29 is 0 Å². The van der Waals surface area contributed by atoms with Gasteiger partial charge in [-0.25, -0.2) is 4.98 Å². The van der Waals surface area contributed by atoms with Gasteiger partial charge < -0.3 is 4.90 Å². The molecule has 2 aromatic carbocycles. The largest absolute Gasteiger partial charge is 0.302 e. The molecular weight excluding hydrogens is 414 g/mol. The van der Waals surface area contributed by atoms with Gasteiger partial charge in [-0.05, 0) is 56.0 Å². The predicted octanol–water partition coefficient (Wildman–Crippen LogP) is 5.28. The third kappa shape index (κ3) is 3.80. The van der Waals surface area contributed by atoms with Gasteiger partial charge >= 0.3 is 0 Å². The summed E-state index contributed by atoms with van der Waals surface area (Å²) in [6, 6.07) is 20.4. The molecule has 0 saturated carbocycles. The number of hydrogen-bond acceptors (Lipinski definition) is 4. The first-order valence-electron chi connectivity index (χ1n) is 11.3. The van der Waals surface area contributed by atoms with Crippen LogP contribution in [0.5, 0.6) is 0 Å². The molecular formula is C27H29N3OS. The predicted molar refractivity (Wildman–Crippen MR) is 133 cm³/mol. The van der Waals surface area contributed by atoms with Crippen LogP contribution in [0, 0.1) is 5.92 Å². The molecule has 0 fully saturated rings. The second kappa shape index (κ2) is 8.64. The molecule has 5 heteroatoms. The van der Waals surface area contributed by atoms with E-state index in [2.05, 4.69) is 36.1 Å². The van der Waals surface area contributed by atoms with Crippen molar-refractivity contribution >= 4 is 21.6 Å². The van der Waals surface area contributed by atoms with Gasteiger partial charge in [-0.2, -0.15) is 0 Å². The lowest BCUT2D eigenvalue weighted by molar-refractivity contribution is 0.374. The highest BCUT2D eigenvalue weighted by Gasteiger charge is 2.28. The summed E-state index contributed by atoms with van der Waals surface area (Å²) in [7, 11) is 4.06. The molecule has 0 radical (unpaired) electrons. The summed E-state index contributed by atoms with van der Waals surface area (Å²) < 4.78 is 1.96. The Balaban J connectivity index is 1.82. The molecule has 0 amide bonds. The first-order chi connectivity index (χ1) is 15.5. The maximum absolute atomic E-state index is 14.2. The lowest BCUT2D eigenvalue weighted by Crippen LogP contribution is -2.33. The lowest BCUT2D eigenvalue weighted by atomic mass is 9.89. The van der Waals surface area contributed by atoms with E-state index >= 15 is 0 Å². The van der Waals surface area contributed by atoms with Gasteiger partial charge in [0.15, 0.2) is 0 Å². The van der Waals surface area contributed by atoms with E-state index in [-0.39, 0.29) is 11.6 Å². The quantitative estimate of drug-likeness (QED) is 0.421. The number of aryl methyl sites for hydroxylation is 1. The van der Waals surface area contributed by atoms with Crippen LogP contribution in [0.4, 0.5) is 0 Å². The number of rotatable bonds is 5. The topological polar surface area (TPSA) is 38.1 Å². The number of nitrogens with zero attached hydrogens (tertiary/aromatic N) is 3. The van der Waals surface area contributed by atoms with Gasteiger partial charge in [-0.1, -0.05) is 67.6 Å². The molecule has 0 spiro atoms. The first-order valence-corrected chi connectivity index (χ1v) is 12.1. The maximum atomic E-state index is 14.2. The molecule has 2 heterocycles. The Morgan fingerprint density at radius 1 is 1.06 bits per heavy atom. The zero-order valence-electron chi connectivity index (χ0n) is 18.9. The van der Waals surface area contributed by atoms with Crippen molar-refractivity contribution in [2.24, 2.45) is 5.92 Å². The Morgan fingerprint density at radius 3 is 2.28 bits per heavy atom. The summed E-state index contributed by atoms with van der Waals surface area (Å²) in [6.45, 7) is 2.91. The van der Waals surface area contributed by atoms with Crippen LogP contribution in [0.25, 0.3) is 10.2 Å². The van der Waals surface area contributed by atoms with Crippen LogP contribution in [-0.2, 0) is 19.4 Å². The van der Waals surface area contributed by atoms with E-state index in [0.29, 0.717) is 12.5 Å². The molecule has 4 aromatic rings. The summed E-state index contributed by atoms with van der Waals surface area (Å²) in [6.07, 6.45) is 3.17. The van der Waals surface area contributed by atoms with E-state index in [9.17, 15) is 4.79 Å². The van der Waals surface area contributed by atoms with Crippen LogP contribution in [0.15, 0.2) is 65.5 Å². The minimum Gasteiger partial charge on any atom is -0.302 e. The zero-order valence-corrected chi connectivity index (χ0v) is 19.7. The molecule has 0 N–H and O–H groups in total. The highest BCUT2D eigenvalue weighted by atomic mass is 32.1. The van der Waals surface area contributed by atoms with Gasteiger partial charge in [0.1, 0.15) is 10.7 Å². The van der Waals surface area contributed by atoms with Gasteiger partial charge in [0, 0.05) is 4.88 Å². The fourth-order valence-corrected chi connectivity index (χ4v) is 6.26. The summed E-state index contributed by atoms with van der Waals surface area (Å²) in [5.41, 5.74) is 3.53. The van der Waals surface area contributed by atoms with Crippen molar-refractivity contribution in [1.29, 1.82) is 0 Å². The van der Waals surface area contributed by atoms with Crippen molar-refractivity contribution in [1.82, 2.24) is 14.5 Å². The third-order valence-electron chi connectivity index (χ3n) is 6.38. The molecule has 0 bridgehead atoms. The Bertz CT molecular complexity index is 1250. The molecule has 164 valence electrons. The number of fused-ring (bicyclic) bond motifs is 3. The fraction of sp³-hybridized carbons (Fsp3) is 0.333. The van der Waals surface area contributed by atoms with Gasteiger partial charge in [0.25, 0.3) is 5.56 Å². The van der Waals surface area contributed by atoms with Gasteiger partial charge in [-0.3, -0.25) is 9.36 Å². The van der Waals surface area contributed by atoms with Crippen molar-refractivity contribution in [3.05, 3.63) is 98.4 Å². The number of aromatic nitrogens is 2. The second-order valence-electron chi connectivity index (χ2n) is 9.20. The fourth-order valence-electron chi connectivity index (χ4n) is 4.87. The zero-order chi connectivity index (χ0) is 22.2. The molecule has 0 aliphatic heterocycles. The first kappa shape index (κ1) is 21.1. The van der Waals surface area contributed by atoms with E-state index in [1.165, 1.54) is 10.4 Å². The Kier molecular flexibility index (Phi) is 5.70. The summed E-state index contributed by atoms with van der Waals surface area (Å²) >= 11 is 1.73. The van der Waals surface area contributed by atoms with Crippen LogP contribution >= 0.6 is 11.3 Å². The lowest BCUT2D eigenvalue weighted by Gasteiger charge is -2.25. The minimum atomic E-state index is -0.213. The second-order valence-corrected chi connectivity index (χ2v) is 10.3. The molecule has 1 aliphatic rings. The molecule has 1 atom stereocenters. The Morgan fingerprint density at radius 2 is 1.69 bits per heavy atom. The van der Waals surface area contributed by atoms with Crippen LogP contribution in [0.3, 0.4) is 0 Å².